The van der Waals surface area contributed by atoms with Gasteiger partial charge in [0.2, 0.25) is 11.8 Å². The number of carbonyl (C=O) groups excluding carboxylic acids is 1. The van der Waals surface area contributed by atoms with Crippen molar-refractivity contribution in [2.24, 2.45) is 4.99 Å². The summed E-state index contributed by atoms with van der Waals surface area (Å²) in [6, 6.07) is 8.04. The zero-order valence-corrected chi connectivity index (χ0v) is 20.3. The van der Waals surface area contributed by atoms with Crippen LogP contribution in [0.3, 0.4) is 0 Å². The van der Waals surface area contributed by atoms with E-state index in [9.17, 15) is 4.79 Å². The van der Waals surface area contributed by atoms with E-state index in [4.69, 9.17) is 4.42 Å². The summed E-state index contributed by atoms with van der Waals surface area (Å²) in [5.41, 5.74) is 2.88. The maximum absolute atomic E-state index is 12.4. The highest BCUT2D eigenvalue weighted by molar-refractivity contribution is 14.0. The normalized spacial score (nSPS) is 11.0. The summed E-state index contributed by atoms with van der Waals surface area (Å²) >= 11 is 0. The van der Waals surface area contributed by atoms with Crippen LogP contribution in [0.15, 0.2) is 39.9 Å². The van der Waals surface area contributed by atoms with E-state index in [2.05, 4.69) is 15.3 Å². The second-order valence-corrected chi connectivity index (χ2v) is 6.60. The molecule has 0 saturated carbocycles. The monoisotopic (exact) mass is 513 g/mol. The molecule has 0 unspecified atom stereocenters. The minimum atomic E-state index is 0. The van der Waals surface area contributed by atoms with E-state index in [0.29, 0.717) is 31.5 Å². The third kappa shape index (κ3) is 7.34. The fourth-order valence-corrected chi connectivity index (χ4v) is 2.79. The number of likely N-dealkylation sites (N-methyl/N-ethyl adjacent to an activating group) is 2. The summed E-state index contributed by atoms with van der Waals surface area (Å²) in [4.78, 5) is 25.1. The number of guanidine groups is 1. The zero-order chi connectivity index (χ0) is 20.5. The smallest absolute Gasteiger partial charge is 0.242 e. The lowest BCUT2D eigenvalue weighted by Crippen LogP contribution is -2.45. The molecule has 0 bridgehead atoms. The van der Waals surface area contributed by atoms with Crippen molar-refractivity contribution in [1.29, 1.82) is 0 Å². The van der Waals surface area contributed by atoms with Gasteiger partial charge in [-0.25, -0.2) is 9.98 Å². The SMILES string of the molecule is CCNC(=NCc1coc(-c2ccc(C)cc2)n1)N(C)CC(=O)N(CC)CC.I. The molecule has 1 N–H and O–H groups in total. The lowest BCUT2D eigenvalue weighted by molar-refractivity contribution is -0.131. The van der Waals surface area contributed by atoms with Gasteiger partial charge in [-0.1, -0.05) is 17.7 Å². The molecule has 1 aromatic carbocycles. The van der Waals surface area contributed by atoms with Crippen LogP contribution in [0, 0.1) is 6.92 Å². The van der Waals surface area contributed by atoms with E-state index in [-0.39, 0.29) is 36.4 Å². The second kappa shape index (κ2) is 12.5. The van der Waals surface area contributed by atoms with Crippen molar-refractivity contribution in [3.63, 3.8) is 0 Å². The van der Waals surface area contributed by atoms with E-state index < -0.39 is 0 Å². The molecule has 0 atom stereocenters. The Morgan fingerprint density at radius 3 is 2.41 bits per heavy atom. The highest BCUT2D eigenvalue weighted by Gasteiger charge is 2.15. The Hall–Kier alpha value is -2.10. The number of rotatable bonds is 8. The molecule has 0 radical (unpaired) electrons. The van der Waals surface area contributed by atoms with Gasteiger partial charge in [-0.3, -0.25) is 4.79 Å². The molecule has 0 aliphatic heterocycles. The van der Waals surface area contributed by atoms with Crippen LogP contribution in [0.5, 0.6) is 0 Å². The van der Waals surface area contributed by atoms with Gasteiger partial charge in [0, 0.05) is 32.2 Å². The van der Waals surface area contributed by atoms with Crippen molar-refractivity contribution < 1.29 is 9.21 Å². The molecule has 0 aliphatic carbocycles. The van der Waals surface area contributed by atoms with Crippen LogP contribution in [0.2, 0.25) is 0 Å². The third-order valence-corrected chi connectivity index (χ3v) is 4.43. The van der Waals surface area contributed by atoms with E-state index >= 15 is 0 Å². The molecule has 0 aliphatic rings. The van der Waals surface area contributed by atoms with Gasteiger partial charge in [-0.15, -0.1) is 24.0 Å². The van der Waals surface area contributed by atoms with Crippen molar-refractivity contribution in [1.82, 2.24) is 20.1 Å². The number of carbonyl (C=O) groups is 1. The molecule has 7 nitrogen and oxygen atoms in total. The van der Waals surface area contributed by atoms with Gasteiger partial charge in [0.1, 0.15) is 12.0 Å². The fraction of sp³-hybridized carbons (Fsp3) is 0.476. The number of benzene rings is 1. The Morgan fingerprint density at radius 2 is 1.83 bits per heavy atom. The predicted molar refractivity (Wildman–Crippen MR) is 127 cm³/mol. The summed E-state index contributed by atoms with van der Waals surface area (Å²) in [7, 11) is 1.86. The van der Waals surface area contributed by atoms with Crippen molar-refractivity contribution in [3.05, 3.63) is 41.8 Å². The Labute approximate surface area is 190 Å². The second-order valence-electron chi connectivity index (χ2n) is 6.60. The number of nitrogens with one attached hydrogen (secondary N) is 1. The van der Waals surface area contributed by atoms with Crippen LogP contribution in [-0.4, -0.2) is 59.9 Å². The Morgan fingerprint density at radius 1 is 1.17 bits per heavy atom. The number of halogens is 1. The molecule has 160 valence electrons. The summed E-state index contributed by atoms with van der Waals surface area (Å²) in [5, 5.41) is 3.22. The summed E-state index contributed by atoms with van der Waals surface area (Å²) in [5.74, 6) is 1.34. The maximum Gasteiger partial charge on any atom is 0.242 e. The van der Waals surface area contributed by atoms with Gasteiger partial charge in [0.15, 0.2) is 5.96 Å². The first-order chi connectivity index (χ1) is 13.5. The Bertz CT molecular complexity index is 785. The van der Waals surface area contributed by atoms with Crippen molar-refractivity contribution in [2.45, 2.75) is 34.2 Å². The van der Waals surface area contributed by atoms with Crippen molar-refractivity contribution >= 4 is 35.8 Å². The van der Waals surface area contributed by atoms with Crippen LogP contribution in [0.4, 0.5) is 0 Å². The molecule has 0 fully saturated rings. The number of aromatic nitrogens is 1. The number of nitrogens with zero attached hydrogens (tertiary/aromatic N) is 4. The van der Waals surface area contributed by atoms with E-state index in [1.165, 1.54) is 5.56 Å². The van der Waals surface area contributed by atoms with Gasteiger partial charge >= 0.3 is 0 Å². The molecule has 29 heavy (non-hydrogen) atoms. The molecule has 1 heterocycles. The first kappa shape index (κ1) is 24.9. The van der Waals surface area contributed by atoms with Gasteiger partial charge in [-0.2, -0.15) is 0 Å². The zero-order valence-electron chi connectivity index (χ0n) is 17.9. The van der Waals surface area contributed by atoms with Crippen LogP contribution in [0.1, 0.15) is 32.0 Å². The Kier molecular flexibility index (Phi) is 10.7. The van der Waals surface area contributed by atoms with Crippen LogP contribution in [-0.2, 0) is 11.3 Å². The number of amides is 1. The highest BCUT2D eigenvalue weighted by atomic mass is 127. The standard InChI is InChI=1S/C21H31N5O2.HI/c1-6-22-21(25(5)14-19(27)26(7-2)8-3)23-13-18-15-28-20(24-18)17-11-9-16(4)10-12-17;/h9-12,15H,6-8,13-14H2,1-5H3,(H,22,23);1H. The number of aryl methyl sites for hydroxylation is 1. The number of hydrogen-bond acceptors (Lipinski definition) is 4. The molecule has 2 aromatic rings. The largest absolute Gasteiger partial charge is 0.444 e. The molecular formula is C21H32IN5O2. The lowest BCUT2D eigenvalue weighted by atomic mass is 10.1. The highest BCUT2D eigenvalue weighted by Crippen LogP contribution is 2.19. The summed E-state index contributed by atoms with van der Waals surface area (Å²) in [6.45, 7) is 10.8. The molecule has 8 heteroatoms. The first-order valence-corrected chi connectivity index (χ1v) is 9.77. The summed E-state index contributed by atoms with van der Waals surface area (Å²) in [6.07, 6.45) is 1.63. The van der Waals surface area contributed by atoms with E-state index in [1.54, 1.807) is 6.26 Å². The molecule has 1 amide bonds. The molecule has 0 saturated heterocycles. The van der Waals surface area contributed by atoms with Crippen molar-refractivity contribution in [2.75, 3.05) is 33.2 Å². The molecular weight excluding hydrogens is 481 g/mol. The number of aliphatic imine (C=N–C) groups is 1. The van der Waals surface area contributed by atoms with Crippen LogP contribution < -0.4 is 5.32 Å². The van der Waals surface area contributed by atoms with Gasteiger partial charge in [-0.05, 0) is 39.8 Å². The first-order valence-electron chi connectivity index (χ1n) is 9.77. The molecule has 1 aromatic heterocycles. The third-order valence-electron chi connectivity index (χ3n) is 4.43. The number of oxazole rings is 1. The summed E-state index contributed by atoms with van der Waals surface area (Å²) < 4.78 is 5.59. The maximum atomic E-state index is 12.4. The van der Waals surface area contributed by atoms with E-state index in [1.807, 2.05) is 68.8 Å². The fourth-order valence-electron chi connectivity index (χ4n) is 2.79. The average molecular weight is 513 g/mol. The van der Waals surface area contributed by atoms with Gasteiger partial charge in [0.25, 0.3) is 0 Å². The Balaban J connectivity index is 0.00000420. The minimum absolute atomic E-state index is 0. The van der Waals surface area contributed by atoms with Crippen molar-refractivity contribution in [3.8, 4) is 11.5 Å². The van der Waals surface area contributed by atoms with Crippen LogP contribution in [0.25, 0.3) is 11.5 Å². The van der Waals surface area contributed by atoms with E-state index in [0.717, 1.165) is 17.8 Å². The van der Waals surface area contributed by atoms with Gasteiger partial charge in [0.05, 0.1) is 13.1 Å². The molecule has 2 rings (SSSR count). The van der Waals surface area contributed by atoms with Gasteiger partial charge < -0.3 is 19.5 Å². The minimum Gasteiger partial charge on any atom is -0.444 e. The average Bonchev–Trinajstić information content (AvgIpc) is 3.15. The van der Waals surface area contributed by atoms with Crippen LogP contribution >= 0.6 is 24.0 Å². The molecule has 0 spiro atoms. The predicted octanol–water partition coefficient (Wildman–Crippen LogP) is 3.53. The number of hydrogen-bond donors (Lipinski definition) is 1. The quantitative estimate of drug-likeness (QED) is 0.332. The lowest BCUT2D eigenvalue weighted by Gasteiger charge is -2.25. The topological polar surface area (TPSA) is 74.0 Å².